The van der Waals surface area contributed by atoms with E-state index in [0.29, 0.717) is 28.5 Å². The summed E-state index contributed by atoms with van der Waals surface area (Å²) < 4.78 is 21.6. The van der Waals surface area contributed by atoms with Crippen LogP contribution in [-0.2, 0) is 16.1 Å². The molecule has 0 bridgehead atoms. The van der Waals surface area contributed by atoms with Crippen molar-refractivity contribution < 1.29 is 23.1 Å². The average molecular weight is 367 g/mol. The molecule has 1 atom stereocenters. The lowest BCUT2D eigenvalue weighted by atomic mass is 10.2. The largest absolute Gasteiger partial charge is 0.479 e. The van der Waals surface area contributed by atoms with E-state index in [2.05, 4.69) is 10.2 Å². The van der Waals surface area contributed by atoms with E-state index in [1.165, 1.54) is 0 Å². The number of nitriles is 1. The number of furan rings is 1. The van der Waals surface area contributed by atoms with Crippen LogP contribution >= 0.6 is 0 Å². The molecule has 0 radical (unpaired) electrons. The highest BCUT2D eigenvalue weighted by Gasteiger charge is 2.19. The maximum atomic E-state index is 12.1. The fourth-order valence-corrected chi connectivity index (χ4v) is 2.37. The van der Waals surface area contributed by atoms with Crippen molar-refractivity contribution in [3.05, 3.63) is 53.3 Å². The zero-order valence-corrected chi connectivity index (χ0v) is 15.1. The molecular formula is C19H17N3O5. The van der Waals surface area contributed by atoms with E-state index >= 15 is 0 Å². The molecule has 0 aliphatic carbocycles. The van der Waals surface area contributed by atoms with Crippen LogP contribution < -0.4 is 4.74 Å². The summed E-state index contributed by atoms with van der Waals surface area (Å²) in [5, 5.41) is 16.6. The molecule has 0 aliphatic rings. The Morgan fingerprint density at radius 2 is 1.96 bits per heavy atom. The smallest absolute Gasteiger partial charge is 0.347 e. The van der Waals surface area contributed by atoms with E-state index < -0.39 is 12.1 Å². The summed E-state index contributed by atoms with van der Waals surface area (Å²) in [6.45, 7) is 5.03. The fraction of sp³-hybridized carbons (Fsp3) is 0.263. The third-order valence-electron chi connectivity index (χ3n) is 3.70. The summed E-state index contributed by atoms with van der Waals surface area (Å²) in [7, 11) is 0. The maximum Gasteiger partial charge on any atom is 0.347 e. The lowest BCUT2D eigenvalue weighted by molar-refractivity contribution is -0.153. The van der Waals surface area contributed by atoms with Gasteiger partial charge in [0.2, 0.25) is 0 Å². The Labute approximate surface area is 155 Å². The highest BCUT2D eigenvalue weighted by molar-refractivity contribution is 5.74. The third-order valence-corrected chi connectivity index (χ3v) is 3.70. The van der Waals surface area contributed by atoms with Gasteiger partial charge >= 0.3 is 5.97 Å². The SMILES string of the molecule is Cc1cc(-c2nnc(COC(=O)[C@H](C)Oc3ccc(C#N)cc3)o2)c(C)o1. The number of aromatic nitrogens is 2. The van der Waals surface area contributed by atoms with Crippen molar-refractivity contribution in [2.75, 3.05) is 0 Å². The lowest BCUT2D eigenvalue weighted by Gasteiger charge is -2.13. The number of rotatable bonds is 6. The Hall–Kier alpha value is -3.60. The molecule has 3 aromatic rings. The normalized spacial score (nSPS) is 11.6. The topological polar surface area (TPSA) is 111 Å². The molecule has 138 valence electrons. The van der Waals surface area contributed by atoms with E-state index in [-0.39, 0.29) is 12.5 Å². The van der Waals surface area contributed by atoms with E-state index in [0.717, 1.165) is 5.76 Å². The second-order valence-corrected chi connectivity index (χ2v) is 5.83. The molecule has 1 aromatic carbocycles. The molecule has 8 nitrogen and oxygen atoms in total. The first-order chi connectivity index (χ1) is 13.0. The van der Waals surface area contributed by atoms with Crippen LogP contribution in [0.1, 0.15) is 29.9 Å². The van der Waals surface area contributed by atoms with Crippen molar-refractivity contribution in [2.24, 2.45) is 0 Å². The Bertz CT molecular complexity index is 982. The maximum absolute atomic E-state index is 12.1. The zero-order valence-electron chi connectivity index (χ0n) is 15.1. The van der Waals surface area contributed by atoms with Gasteiger partial charge in [0, 0.05) is 0 Å². The van der Waals surface area contributed by atoms with Gasteiger partial charge in [-0.1, -0.05) is 0 Å². The lowest BCUT2D eigenvalue weighted by Crippen LogP contribution is -2.26. The van der Waals surface area contributed by atoms with Gasteiger partial charge in [-0.2, -0.15) is 5.26 Å². The summed E-state index contributed by atoms with van der Waals surface area (Å²) in [5.74, 6) is 1.77. The number of benzene rings is 1. The fourth-order valence-electron chi connectivity index (χ4n) is 2.37. The predicted octanol–water partition coefficient (Wildman–Crippen LogP) is 3.33. The number of ether oxygens (including phenoxy) is 2. The highest BCUT2D eigenvalue weighted by atomic mass is 16.6. The molecule has 0 saturated carbocycles. The third kappa shape index (κ3) is 4.33. The monoisotopic (exact) mass is 367 g/mol. The van der Waals surface area contributed by atoms with Crippen LogP contribution in [0.5, 0.6) is 5.75 Å². The second-order valence-electron chi connectivity index (χ2n) is 5.83. The number of hydrogen-bond donors (Lipinski definition) is 0. The number of esters is 1. The number of hydrogen-bond acceptors (Lipinski definition) is 8. The Morgan fingerprint density at radius 3 is 2.59 bits per heavy atom. The number of carbonyl (C=O) groups excluding carboxylic acids is 1. The summed E-state index contributed by atoms with van der Waals surface area (Å²) >= 11 is 0. The molecular weight excluding hydrogens is 350 g/mol. The first kappa shape index (κ1) is 18.2. The first-order valence-electron chi connectivity index (χ1n) is 8.19. The van der Waals surface area contributed by atoms with Gasteiger partial charge < -0.3 is 18.3 Å². The number of aryl methyl sites for hydroxylation is 2. The predicted molar refractivity (Wildman–Crippen MR) is 92.5 cm³/mol. The minimum atomic E-state index is -0.834. The summed E-state index contributed by atoms with van der Waals surface area (Å²) in [6.07, 6.45) is -0.834. The molecule has 0 fully saturated rings. The van der Waals surface area contributed by atoms with Gasteiger partial charge in [0.25, 0.3) is 11.8 Å². The van der Waals surface area contributed by atoms with E-state index in [1.807, 2.05) is 13.0 Å². The minimum Gasteiger partial charge on any atom is -0.479 e. The van der Waals surface area contributed by atoms with Crippen molar-refractivity contribution in [1.29, 1.82) is 5.26 Å². The number of carbonyl (C=O) groups is 1. The van der Waals surface area contributed by atoms with Crippen LogP contribution in [0.3, 0.4) is 0 Å². The van der Waals surface area contributed by atoms with Crippen LogP contribution in [0.15, 0.2) is 39.2 Å². The minimum absolute atomic E-state index is 0.164. The van der Waals surface area contributed by atoms with Gasteiger partial charge in [-0.15, -0.1) is 10.2 Å². The Balaban J connectivity index is 1.55. The van der Waals surface area contributed by atoms with E-state index in [9.17, 15) is 4.79 Å². The molecule has 8 heteroatoms. The molecule has 27 heavy (non-hydrogen) atoms. The van der Waals surface area contributed by atoms with Crippen LogP contribution in [0, 0.1) is 25.2 Å². The van der Waals surface area contributed by atoms with Crippen molar-refractivity contribution in [3.8, 4) is 23.3 Å². The zero-order chi connectivity index (χ0) is 19.4. The van der Waals surface area contributed by atoms with Gasteiger partial charge in [0.05, 0.1) is 17.2 Å². The molecule has 0 amide bonds. The molecule has 2 heterocycles. The Kier molecular flexibility index (Phi) is 5.22. The van der Waals surface area contributed by atoms with Crippen molar-refractivity contribution in [1.82, 2.24) is 10.2 Å². The van der Waals surface area contributed by atoms with Gasteiger partial charge in [0.1, 0.15) is 17.3 Å². The van der Waals surface area contributed by atoms with Gasteiger partial charge in [-0.25, -0.2) is 4.79 Å². The van der Waals surface area contributed by atoms with Crippen LogP contribution in [-0.4, -0.2) is 22.3 Å². The molecule has 0 saturated heterocycles. The van der Waals surface area contributed by atoms with Crippen molar-refractivity contribution in [2.45, 2.75) is 33.5 Å². The van der Waals surface area contributed by atoms with Gasteiger partial charge in [-0.05, 0) is 51.1 Å². The summed E-state index contributed by atoms with van der Waals surface area (Å²) in [4.78, 5) is 12.1. The Morgan fingerprint density at radius 1 is 1.22 bits per heavy atom. The summed E-state index contributed by atoms with van der Waals surface area (Å²) in [5.41, 5.74) is 1.21. The van der Waals surface area contributed by atoms with Crippen molar-refractivity contribution in [3.63, 3.8) is 0 Å². The van der Waals surface area contributed by atoms with E-state index in [4.69, 9.17) is 23.6 Å². The van der Waals surface area contributed by atoms with Crippen molar-refractivity contribution >= 4 is 5.97 Å². The van der Waals surface area contributed by atoms with Crippen LogP contribution in [0.4, 0.5) is 0 Å². The standard InChI is InChI=1S/C19H17N3O5/c1-11-8-16(12(2)25-11)18-22-21-17(27-18)10-24-19(23)13(3)26-15-6-4-14(9-20)5-7-15/h4-8,13H,10H2,1-3H3/t13-/m0/s1. The van der Waals surface area contributed by atoms with Gasteiger partial charge in [0.15, 0.2) is 12.7 Å². The van der Waals surface area contributed by atoms with Crippen LogP contribution in [0.25, 0.3) is 11.5 Å². The molecule has 0 N–H and O–H groups in total. The van der Waals surface area contributed by atoms with Gasteiger partial charge in [-0.3, -0.25) is 0 Å². The molecule has 3 rings (SSSR count). The average Bonchev–Trinajstić information content (AvgIpc) is 3.26. The molecule has 2 aromatic heterocycles. The number of nitrogens with zero attached hydrogens (tertiary/aromatic N) is 3. The van der Waals surface area contributed by atoms with Crippen LogP contribution in [0.2, 0.25) is 0 Å². The molecule has 0 spiro atoms. The quantitative estimate of drug-likeness (QED) is 0.610. The van der Waals surface area contributed by atoms with E-state index in [1.54, 1.807) is 44.2 Å². The molecule has 0 aliphatic heterocycles. The second kappa shape index (κ2) is 7.74. The first-order valence-corrected chi connectivity index (χ1v) is 8.19. The highest BCUT2D eigenvalue weighted by Crippen LogP contribution is 2.25. The molecule has 0 unspecified atom stereocenters. The summed E-state index contributed by atoms with van der Waals surface area (Å²) in [6, 6.07) is 10.2.